The van der Waals surface area contributed by atoms with Gasteiger partial charge in [0.05, 0.1) is 5.56 Å². The highest BCUT2D eigenvalue weighted by Gasteiger charge is 2.08. The van der Waals surface area contributed by atoms with Gasteiger partial charge in [-0.1, -0.05) is 18.2 Å². The molecule has 0 radical (unpaired) electrons. The largest absolute Gasteiger partial charge is 0.383 e. The van der Waals surface area contributed by atoms with Crippen molar-refractivity contribution in [1.29, 1.82) is 0 Å². The van der Waals surface area contributed by atoms with Gasteiger partial charge in [-0.2, -0.15) is 0 Å². The van der Waals surface area contributed by atoms with Gasteiger partial charge in [0.2, 0.25) is 0 Å². The third-order valence-corrected chi connectivity index (χ3v) is 2.43. The van der Waals surface area contributed by atoms with E-state index in [0.29, 0.717) is 12.1 Å². The van der Waals surface area contributed by atoms with Crippen LogP contribution in [0, 0.1) is 6.92 Å². The lowest BCUT2D eigenvalue weighted by atomic mass is 10.2. The van der Waals surface area contributed by atoms with Crippen LogP contribution in [-0.2, 0) is 0 Å². The van der Waals surface area contributed by atoms with Gasteiger partial charge in [-0.05, 0) is 18.6 Å². The van der Waals surface area contributed by atoms with E-state index >= 15 is 0 Å². The number of aryl methyl sites for hydroxylation is 1. The molecule has 1 aromatic carbocycles. The Morgan fingerprint density at radius 2 is 2.06 bits per heavy atom. The Hall–Kier alpha value is -2.43. The number of rotatable bonds is 3. The second-order valence-corrected chi connectivity index (χ2v) is 3.58. The van der Waals surface area contributed by atoms with Crippen molar-refractivity contribution in [3.63, 3.8) is 0 Å². The fourth-order valence-electron chi connectivity index (χ4n) is 1.47. The van der Waals surface area contributed by atoms with Gasteiger partial charge in [0.25, 0.3) is 0 Å². The molecule has 0 aliphatic heterocycles. The monoisotopic (exact) mass is 228 g/mol. The van der Waals surface area contributed by atoms with Gasteiger partial charge >= 0.3 is 0 Å². The Balaban J connectivity index is 2.40. The number of hydrogen-bond acceptors (Lipinski definition) is 5. The van der Waals surface area contributed by atoms with E-state index in [0.717, 1.165) is 11.3 Å². The third kappa shape index (κ3) is 2.23. The molecule has 0 fully saturated rings. The second kappa shape index (κ2) is 4.61. The van der Waals surface area contributed by atoms with Crippen molar-refractivity contribution in [3.8, 4) is 0 Å². The maximum atomic E-state index is 10.9. The molecule has 0 spiro atoms. The Labute approximate surface area is 98.7 Å². The molecule has 0 atom stereocenters. The minimum absolute atomic E-state index is 0.172. The summed E-state index contributed by atoms with van der Waals surface area (Å²) in [4.78, 5) is 18.7. The number of para-hydroxylation sites is 1. The average Bonchev–Trinajstić information content (AvgIpc) is 2.32. The number of nitrogens with one attached hydrogen (secondary N) is 1. The van der Waals surface area contributed by atoms with Crippen molar-refractivity contribution in [2.45, 2.75) is 6.92 Å². The lowest BCUT2D eigenvalue weighted by molar-refractivity contribution is 0.112. The molecule has 17 heavy (non-hydrogen) atoms. The van der Waals surface area contributed by atoms with Gasteiger partial charge in [-0.3, -0.25) is 4.79 Å². The van der Waals surface area contributed by atoms with E-state index in [-0.39, 0.29) is 11.4 Å². The highest BCUT2D eigenvalue weighted by molar-refractivity contribution is 5.89. The predicted molar refractivity (Wildman–Crippen MR) is 66.3 cm³/mol. The van der Waals surface area contributed by atoms with Crippen molar-refractivity contribution in [3.05, 3.63) is 41.7 Å². The van der Waals surface area contributed by atoms with E-state index in [1.54, 1.807) is 0 Å². The summed E-state index contributed by atoms with van der Waals surface area (Å²) in [6.07, 6.45) is 1.97. The highest BCUT2D eigenvalue weighted by Crippen LogP contribution is 2.22. The second-order valence-electron chi connectivity index (χ2n) is 3.58. The lowest BCUT2D eigenvalue weighted by Gasteiger charge is -2.10. The number of nitrogens with zero attached hydrogens (tertiary/aromatic N) is 2. The van der Waals surface area contributed by atoms with Crippen LogP contribution in [0.1, 0.15) is 15.9 Å². The van der Waals surface area contributed by atoms with Gasteiger partial charge in [-0.15, -0.1) is 0 Å². The van der Waals surface area contributed by atoms with Crippen molar-refractivity contribution >= 4 is 23.6 Å². The van der Waals surface area contributed by atoms with E-state index in [1.807, 2.05) is 31.2 Å². The standard InChI is InChI=1S/C12H12N4O/c1-8-4-2-3-5-10(8)16-12-9(6-17)11(13)14-7-15-12/h2-7H,1H3,(H3,13,14,15,16). The summed E-state index contributed by atoms with van der Waals surface area (Å²) in [7, 11) is 0. The highest BCUT2D eigenvalue weighted by atomic mass is 16.1. The molecule has 0 aliphatic carbocycles. The van der Waals surface area contributed by atoms with Crippen LogP contribution in [0.2, 0.25) is 0 Å². The molecule has 86 valence electrons. The van der Waals surface area contributed by atoms with Gasteiger partial charge in [0.15, 0.2) is 6.29 Å². The van der Waals surface area contributed by atoms with Crippen molar-refractivity contribution < 1.29 is 4.79 Å². The Morgan fingerprint density at radius 1 is 1.29 bits per heavy atom. The molecule has 1 aromatic heterocycles. The number of benzene rings is 1. The van der Waals surface area contributed by atoms with Crippen LogP contribution in [0.4, 0.5) is 17.3 Å². The Kier molecular flexibility index (Phi) is 3.00. The van der Waals surface area contributed by atoms with E-state index < -0.39 is 0 Å². The van der Waals surface area contributed by atoms with Crippen LogP contribution in [0.5, 0.6) is 0 Å². The molecular formula is C12H12N4O. The molecule has 0 bridgehead atoms. The summed E-state index contributed by atoms with van der Waals surface area (Å²) in [5.74, 6) is 0.591. The zero-order valence-electron chi connectivity index (χ0n) is 9.34. The molecule has 2 rings (SSSR count). The normalized spacial score (nSPS) is 9.94. The lowest BCUT2D eigenvalue weighted by Crippen LogP contribution is -2.05. The number of anilines is 3. The van der Waals surface area contributed by atoms with Gasteiger partial charge in [0, 0.05) is 5.69 Å². The SMILES string of the molecule is Cc1ccccc1Nc1ncnc(N)c1C=O. The Bertz CT molecular complexity index is 554. The van der Waals surface area contributed by atoms with E-state index in [1.165, 1.54) is 6.33 Å². The first-order valence-corrected chi connectivity index (χ1v) is 5.10. The number of nitrogen functional groups attached to an aromatic ring is 1. The fraction of sp³-hybridized carbons (Fsp3) is 0.0833. The molecule has 0 saturated heterocycles. The van der Waals surface area contributed by atoms with Crippen molar-refractivity contribution in [1.82, 2.24) is 9.97 Å². The quantitative estimate of drug-likeness (QED) is 0.784. The predicted octanol–water partition coefficient (Wildman–Crippen LogP) is 1.92. The minimum Gasteiger partial charge on any atom is -0.383 e. The molecule has 3 N–H and O–H groups in total. The van der Waals surface area contributed by atoms with E-state index in [9.17, 15) is 4.79 Å². The van der Waals surface area contributed by atoms with Crippen molar-refractivity contribution in [2.75, 3.05) is 11.1 Å². The zero-order chi connectivity index (χ0) is 12.3. The van der Waals surface area contributed by atoms with Crippen LogP contribution in [-0.4, -0.2) is 16.3 Å². The maximum absolute atomic E-state index is 10.9. The molecule has 0 aliphatic rings. The topological polar surface area (TPSA) is 80.9 Å². The number of carbonyl (C=O) groups excluding carboxylic acids is 1. The van der Waals surface area contributed by atoms with Gasteiger partial charge in [0.1, 0.15) is 18.0 Å². The molecule has 0 amide bonds. The average molecular weight is 228 g/mol. The molecule has 5 heteroatoms. The van der Waals surface area contributed by atoms with E-state index in [2.05, 4.69) is 15.3 Å². The smallest absolute Gasteiger partial charge is 0.157 e. The third-order valence-electron chi connectivity index (χ3n) is 2.43. The van der Waals surface area contributed by atoms with Crippen LogP contribution in [0.3, 0.4) is 0 Å². The molecule has 1 heterocycles. The molecule has 0 saturated carbocycles. The van der Waals surface area contributed by atoms with Crippen molar-refractivity contribution in [2.24, 2.45) is 0 Å². The molecular weight excluding hydrogens is 216 g/mol. The number of nitrogens with two attached hydrogens (primary N) is 1. The number of hydrogen-bond donors (Lipinski definition) is 2. The zero-order valence-corrected chi connectivity index (χ0v) is 9.34. The minimum atomic E-state index is 0.172. The summed E-state index contributed by atoms with van der Waals surface area (Å²) < 4.78 is 0. The van der Waals surface area contributed by atoms with Crippen LogP contribution >= 0.6 is 0 Å². The summed E-state index contributed by atoms with van der Waals surface area (Å²) in [6.45, 7) is 1.97. The summed E-state index contributed by atoms with van der Waals surface area (Å²) in [6, 6.07) is 7.71. The first-order chi connectivity index (χ1) is 8.22. The summed E-state index contributed by atoms with van der Waals surface area (Å²) in [5.41, 5.74) is 7.82. The van der Waals surface area contributed by atoms with E-state index in [4.69, 9.17) is 5.73 Å². The van der Waals surface area contributed by atoms with Gasteiger partial charge in [-0.25, -0.2) is 9.97 Å². The molecule has 2 aromatic rings. The number of carbonyl (C=O) groups is 1. The number of aromatic nitrogens is 2. The van der Waals surface area contributed by atoms with Crippen LogP contribution in [0.15, 0.2) is 30.6 Å². The maximum Gasteiger partial charge on any atom is 0.157 e. The molecule has 5 nitrogen and oxygen atoms in total. The summed E-state index contributed by atoms with van der Waals surface area (Å²) >= 11 is 0. The van der Waals surface area contributed by atoms with Crippen LogP contribution in [0.25, 0.3) is 0 Å². The van der Waals surface area contributed by atoms with Crippen LogP contribution < -0.4 is 11.1 Å². The first kappa shape index (κ1) is 11.1. The fourth-order valence-corrected chi connectivity index (χ4v) is 1.47. The Morgan fingerprint density at radius 3 is 2.76 bits per heavy atom. The molecule has 0 unspecified atom stereocenters. The summed E-state index contributed by atoms with van der Waals surface area (Å²) in [5, 5.41) is 3.07. The number of aldehydes is 1. The first-order valence-electron chi connectivity index (χ1n) is 5.10. The van der Waals surface area contributed by atoms with Gasteiger partial charge < -0.3 is 11.1 Å².